The highest BCUT2D eigenvalue weighted by Crippen LogP contribution is 2.10. The van der Waals surface area contributed by atoms with Crippen molar-refractivity contribution < 1.29 is 13.2 Å². The van der Waals surface area contributed by atoms with E-state index in [1.807, 2.05) is 0 Å². The van der Waals surface area contributed by atoms with Crippen LogP contribution in [-0.2, 0) is 14.8 Å². The number of nitrogens with one attached hydrogen (secondary N) is 2. The molecule has 5 nitrogen and oxygen atoms in total. The highest BCUT2D eigenvalue weighted by atomic mass is 32.2. The molecular weight excluding hydrogens is 276 g/mol. The van der Waals surface area contributed by atoms with E-state index in [1.165, 1.54) is 44.9 Å². The van der Waals surface area contributed by atoms with Crippen molar-refractivity contribution in [3.8, 4) is 0 Å². The van der Waals surface area contributed by atoms with Gasteiger partial charge in [0.05, 0.1) is 5.75 Å². The number of hydrogen-bond acceptors (Lipinski definition) is 3. The molecule has 0 aromatic carbocycles. The zero-order valence-electron chi connectivity index (χ0n) is 12.6. The fraction of sp³-hybridized carbons (Fsp3) is 0.929. The number of amides is 1. The molecule has 0 unspecified atom stereocenters. The Hall–Kier alpha value is -0.620. The lowest BCUT2D eigenvalue weighted by Crippen LogP contribution is -2.28. The minimum atomic E-state index is -3.73. The standard InChI is InChI=1S/C14H29N2O3S/c1-2-3-4-5-6-7-8-9-10-11-14(17)16-12-13-20(15,18)19/h15H,2-13H2,1H3,(H,16,17). The normalized spacial score (nSPS) is 11.5. The molecule has 0 aromatic heterocycles. The molecule has 6 heteroatoms. The molecule has 0 atom stereocenters. The topological polar surface area (TPSA) is 87.0 Å². The average molecular weight is 305 g/mol. The number of rotatable bonds is 13. The van der Waals surface area contributed by atoms with Gasteiger partial charge in [0, 0.05) is 13.0 Å². The number of carbonyl (C=O) groups excluding carboxylic acids is 1. The molecule has 2 N–H and O–H groups in total. The third kappa shape index (κ3) is 15.4. The quantitative estimate of drug-likeness (QED) is 0.531. The molecule has 0 saturated carbocycles. The average Bonchev–Trinajstić information content (AvgIpc) is 2.35. The fourth-order valence-electron chi connectivity index (χ4n) is 2.01. The van der Waals surface area contributed by atoms with E-state index >= 15 is 0 Å². The second kappa shape index (κ2) is 12.1. The lowest BCUT2D eigenvalue weighted by atomic mass is 10.1. The molecule has 1 radical (unpaired) electrons. The predicted octanol–water partition coefficient (Wildman–Crippen LogP) is 2.64. The Morgan fingerprint density at radius 2 is 1.45 bits per heavy atom. The van der Waals surface area contributed by atoms with Crippen LogP contribution in [0, 0.1) is 0 Å². The Morgan fingerprint density at radius 1 is 0.950 bits per heavy atom. The second-order valence-corrected chi connectivity index (χ2v) is 6.88. The fourth-order valence-corrected chi connectivity index (χ4v) is 2.38. The van der Waals surface area contributed by atoms with E-state index in [9.17, 15) is 13.2 Å². The summed E-state index contributed by atoms with van der Waals surface area (Å²) in [7, 11) is -3.73. The molecule has 0 saturated heterocycles. The predicted molar refractivity (Wildman–Crippen MR) is 81.7 cm³/mol. The summed E-state index contributed by atoms with van der Waals surface area (Å²) in [6, 6.07) is 0. The third-order valence-electron chi connectivity index (χ3n) is 3.20. The summed E-state index contributed by atoms with van der Waals surface area (Å²) in [4.78, 5) is 11.4. The van der Waals surface area contributed by atoms with Gasteiger partial charge in [0.15, 0.2) is 0 Å². The first-order valence-corrected chi connectivity index (χ1v) is 9.35. The van der Waals surface area contributed by atoms with E-state index in [1.54, 1.807) is 0 Å². The number of hydrogen-bond donors (Lipinski definition) is 1. The van der Waals surface area contributed by atoms with Crippen LogP contribution >= 0.6 is 0 Å². The molecule has 119 valence electrons. The van der Waals surface area contributed by atoms with Gasteiger partial charge in [-0.1, -0.05) is 58.3 Å². The van der Waals surface area contributed by atoms with Crippen LogP contribution in [0.1, 0.15) is 71.1 Å². The van der Waals surface area contributed by atoms with Crippen LogP contribution in [0.15, 0.2) is 0 Å². The van der Waals surface area contributed by atoms with Gasteiger partial charge < -0.3 is 5.32 Å². The van der Waals surface area contributed by atoms with E-state index in [0.717, 1.165) is 12.8 Å². The summed E-state index contributed by atoms with van der Waals surface area (Å²) in [6.45, 7) is 2.26. The van der Waals surface area contributed by atoms with Crippen molar-refractivity contribution in [2.75, 3.05) is 12.3 Å². The van der Waals surface area contributed by atoms with Crippen LogP contribution in [0.2, 0.25) is 0 Å². The second-order valence-electron chi connectivity index (χ2n) is 5.25. The van der Waals surface area contributed by atoms with Crippen molar-refractivity contribution in [1.29, 1.82) is 0 Å². The first-order valence-electron chi connectivity index (χ1n) is 7.69. The Balaban J connectivity index is 3.27. The molecule has 0 aliphatic carbocycles. The first-order chi connectivity index (χ1) is 9.45. The summed E-state index contributed by atoms with van der Waals surface area (Å²) in [5, 5.41) is 9.20. The van der Waals surface area contributed by atoms with Crippen molar-refractivity contribution in [3.63, 3.8) is 0 Å². The minimum absolute atomic E-state index is 0.0437. The zero-order valence-corrected chi connectivity index (χ0v) is 13.4. The molecule has 0 heterocycles. The SMILES string of the molecule is CCCCCCCCCCCC(=O)NCCS([NH])(=O)=O. The van der Waals surface area contributed by atoms with Gasteiger partial charge in [0.25, 0.3) is 0 Å². The number of carbonyl (C=O) groups is 1. The van der Waals surface area contributed by atoms with Gasteiger partial charge in [0.2, 0.25) is 15.9 Å². The molecule has 20 heavy (non-hydrogen) atoms. The molecule has 0 aliphatic rings. The summed E-state index contributed by atoms with van der Waals surface area (Å²) in [6.07, 6.45) is 11.3. The molecule has 1 amide bonds. The van der Waals surface area contributed by atoms with Gasteiger partial charge in [-0.2, -0.15) is 0 Å². The summed E-state index contributed by atoms with van der Waals surface area (Å²) in [5.41, 5.74) is 0. The van der Waals surface area contributed by atoms with Crippen LogP contribution < -0.4 is 10.5 Å². The molecule has 0 aromatic rings. The van der Waals surface area contributed by atoms with E-state index < -0.39 is 10.0 Å². The van der Waals surface area contributed by atoms with Crippen LogP contribution in [-0.4, -0.2) is 26.6 Å². The van der Waals surface area contributed by atoms with E-state index in [4.69, 9.17) is 5.14 Å². The highest BCUT2D eigenvalue weighted by molar-refractivity contribution is 7.88. The maximum absolute atomic E-state index is 11.4. The summed E-state index contributed by atoms with van der Waals surface area (Å²) >= 11 is 0. The Bertz CT molecular complexity index is 342. The highest BCUT2D eigenvalue weighted by Gasteiger charge is 2.05. The Morgan fingerprint density at radius 3 is 1.95 bits per heavy atom. The van der Waals surface area contributed by atoms with Gasteiger partial charge in [-0.05, 0) is 6.42 Å². The smallest absolute Gasteiger partial charge is 0.226 e. The van der Waals surface area contributed by atoms with Crippen LogP contribution in [0.4, 0.5) is 0 Å². The lowest BCUT2D eigenvalue weighted by Gasteiger charge is -2.04. The molecule has 0 rings (SSSR count). The van der Waals surface area contributed by atoms with Crippen molar-refractivity contribution >= 4 is 15.9 Å². The van der Waals surface area contributed by atoms with Crippen molar-refractivity contribution in [3.05, 3.63) is 0 Å². The summed E-state index contributed by atoms with van der Waals surface area (Å²) < 4.78 is 21.1. The number of unbranched alkanes of at least 4 members (excludes halogenated alkanes) is 8. The maximum atomic E-state index is 11.4. The third-order valence-corrected chi connectivity index (χ3v) is 3.94. The monoisotopic (exact) mass is 305 g/mol. The van der Waals surface area contributed by atoms with Crippen LogP contribution in [0.5, 0.6) is 0 Å². The number of sulfonamides is 1. The Labute approximate surface area is 123 Å². The van der Waals surface area contributed by atoms with E-state index in [2.05, 4.69) is 12.2 Å². The van der Waals surface area contributed by atoms with Crippen molar-refractivity contribution in [1.82, 2.24) is 10.5 Å². The zero-order chi connectivity index (χ0) is 15.3. The van der Waals surface area contributed by atoms with Crippen molar-refractivity contribution in [2.45, 2.75) is 71.1 Å². The molecular formula is C14H29N2O3S. The van der Waals surface area contributed by atoms with Gasteiger partial charge in [-0.15, -0.1) is 5.14 Å². The van der Waals surface area contributed by atoms with Gasteiger partial charge in [0.1, 0.15) is 0 Å². The molecule has 0 bridgehead atoms. The van der Waals surface area contributed by atoms with E-state index in [-0.39, 0.29) is 18.2 Å². The van der Waals surface area contributed by atoms with E-state index in [0.29, 0.717) is 6.42 Å². The summed E-state index contributed by atoms with van der Waals surface area (Å²) in [5.74, 6) is -0.423. The molecule has 0 fully saturated rings. The first kappa shape index (κ1) is 19.4. The van der Waals surface area contributed by atoms with Crippen molar-refractivity contribution in [2.24, 2.45) is 0 Å². The van der Waals surface area contributed by atoms with Gasteiger partial charge in [-0.3, -0.25) is 4.79 Å². The molecule has 0 aliphatic heterocycles. The Kier molecular flexibility index (Phi) is 11.8. The largest absolute Gasteiger partial charge is 0.355 e. The minimum Gasteiger partial charge on any atom is -0.355 e. The van der Waals surface area contributed by atoms with Crippen LogP contribution in [0.3, 0.4) is 0 Å². The van der Waals surface area contributed by atoms with Crippen LogP contribution in [0.25, 0.3) is 0 Å². The van der Waals surface area contributed by atoms with Gasteiger partial charge in [-0.25, -0.2) is 8.42 Å². The maximum Gasteiger partial charge on any atom is 0.226 e. The van der Waals surface area contributed by atoms with Gasteiger partial charge >= 0.3 is 0 Å². The molecule has 0 spiro atoms. The lowest BCUT2D eigenvalue weighted by molar-refractivity contribution is -0.121.